The van der Waals surface area contributed by atoms with Crippen molar-refractivity contribution in [2.75, 3.05) is 0 Å². The Hall–Kier alpha value is -1.16. The summed E-state index contributed by atoms with van der Waals surface area (Å²) < 4.78 is 0. The second-order valence-electron chi connectivity index (χ2n) is 4.76. The first-order chi connectivity index (χ1) is 9.93. The van der Waals surface area contributed by atoms with Gasteiger partial charge in [0.1, 0.15) is 0 Å². The zero-order valence-corrected chi connectivity index (χ0v) is 13.6. The molecule has 0 fully saturated rings. The van der Waals surface area contributed by atoms with Crippen LogP contribution in [0.4, 0.5) is 0 Å². The van der Waals surface area contributed by atoms with E-state index in [1.165, 1.54) is 11.1 Å². The Morgan fingerprint density at radius 1 is 0.619 bits per heavy atom. The van der Waals surface area contributed by atoms with Gasteiger partial charge in [-0.1, -0.05) is 48.5 Å². The maximum Gasteiger partial charge on any atom is 0.0970 e. The summed E-state index contributed by atoms with van der Waals surface area (Å²) in [6, 6.07) is 20.7. The van der Waals surface area contributed by atoms with E-state index in [1.807, 2.05) is 24.5 Å². The summed E-state index contributed by atoms with van der Waals surface area (Å²) in [5.74, 6) is 0. The molecular weight excluding hydrogens is 248 g/mol. The predicted molar refractivity (Wildman–Crippen MR) is 82.5 cm³/mol. The summed E-state index contributed by atoms with van der Waals surface area (Å²) >= 11 is 0. The van der Waals surface area contributed by atoms with E-state index in [0.29, 0.717) is 0 Å². The summed E-state index contributed by atoms with van der Waals surface area (Å²) in [5.41, 5.74) is 4.32. The molecule has 3 heteroatoms. The van der Waals surface area contributed by atoms with Crippen LogP contribution in [0.25, 0.3) is 32.9 Å². The molecular formula is C18H12EuN2. The van der Waals surface area contributed by atoms with Gasteiger partial charge < -0.3 is 0 Å². The van der Waals surface area contributed by atoms with Crippen molar-refractivity contribution >= 4 is 21.8 Å². The number of aromatic nitrogens is 2. The summed E-state index contributed by atoms with van der Waals surface area (Å²) in [6.45, 7) is 0. The zero-order chi connectivity index (χ0) is 13.4. The average molecular weight is 260 g/mol. The number of nitrogens with zero attached hydrogens (tertiary/aromatic N) is 2. The molecule has 0 atom stereocenters. The molecule has 4 rings (SSSR count). The topological polar surface area (TPSA) is 25.8 Å². The molecule has 0 saturated carbocycles. The number of pyridine rings is 2. The fraction of sp³-hybridized carbons (Fsp3) is 0. The molecule has 0 amide bonds. The Bertz CT molecular complexity index is 904. The number of benzene rings is 2. The molecule has 4 aromatic rings. The van der Waals surface area contributed by atoms with Gasteiger partial charge in [-0.2, -0.15) is 0 Å². The van der Waals surface area contributed by atoms with Crippen molar-refractivity contribution in [1.82, 2.24) is 9.97 Å². The van der Waals surface area contributed by atoms with E-state index in [2.05, 4.69) is 58.5 Å². The third-order valence-corrected chi connectivity index (χ3v) is 3.57. The van der Waals surface area contributed by atoms with Crippen LogP contribution in [0.15, 0.2) is 73.1 Å². The van der Waals surface area contributed by atoms with Gasteiger partial charge in [0, 0.05) is 72.5 Å². The van der Waals surface area contributed by atoms with Crippen LogP contribution in [0.2, 0.25) is 0 Å². The molecule has 0 N–H and O–H groups in total. The molecule has 2 aromatic heterocycles. The largest absolute Gasteiger partial charge is 0.254 e. The van der Waals surface area contributed by atoms with Gasteiger partial charge in [-0.25, -0.2) is 0 Å². The third-order valence-electron chi connectivity index (χ3n) is 3.57. The summed E-state index contributed by atoms with van der Waals surface area (Å²) in [4.78, 5) is 9.01. The predicted octanol–water partition coefficient (Wildman–Crippen LogP) is 4.45. The molecule has 0 unspecified atom stereocenters. The van der Waals surface area contributed by atoms with Crippen LogP contribution in [0.1, 0.15) is 0 Å². The van der Waals surface area contributed by atoms with Gasteiger partial charge in [0.25, 0.3) is 0 Å². The molecule has 1 radical (unpaired) electrons. The van der Waals surface area contributed by atoms with Gasteiger partial charge in [0.05, 0.1) is 11.0 Å². The Labute approximate surface area is 163 Å². The Balaban J connectivity index is 0.00000132. The van der Waals surface area contributed by atoms with Crippen molar-refractivity contribution < 1.29 is 49.4 Å². The second-order valence-corrected chi connectivity index (χ2v) is 4.76. The van der Waals surface area contributed by atoms with Crippen LogP contribution in [0.3, 0.4) is 0 Å². The van der Waals surface area contributed by atoms with Crippen molar-refractivity contribution in [1.29, 1.82) is 0 Å². The third kappa shape index (κ3) is 2.66. The van der Waals surface area contributed by atoms with E-state index in [-0.39, 0.29) is 49.4 Å². The molecule has 0 saturated heterocycles. The normalized spacial score (nSPS) is 10.5. The number of hydrogen-bond acceptors (Lipinski definition) is 2. The molecule has 0 aliphatic rings. The van der Waals surface area contributed by atoms with E-state index in [4.69, 9.17) is 0 Å². The molecule has 0 aliphatic heterocycles. The summed E-state index contributed by atoms with van der Waals surface area (Å²) in [6.07, 6.45) is 3.68. The smallest absolute Gasteiger partial charge is 0.0970 e. The maximum atomic E-state index is 4.53. The van der Waals surface area contributed by atoms with Gasteiger partial charge >= 0.3 is 0 Å². The van der Waals surface area contributed by atoms with Crippen molar-refractivity contribution in [3.63, 3.8) is 0 Å². The fourth-order valence-electron chi connectivity index (χ4n) is 2.62. The van der Waals surface area contributed by atoms with E-state index >= 15 is 0 Å². The molecule has 2 heterocycles. The Morgan fingerprint density at radius 3 is 2.29 bits per heavy atom. The van der Waals surface area contributed by atoms with E-state index in [9.17, 15) is 0 Å². The van der Waals surface area contributed by atoms with Crippen LogP contribution in [0.5, 0.6) is 0 Å². The first kappa shape index (κ1) is 14.8. The quantitative estimate of drug-likeness (QED) is 0.472. The molecule has 2 aromatic carbocycles. The van der Waals surface area contributed by atoms with Crippen molar-refractivity contribution in [3.05, 3.63) is 73.1 Å². The molecule has 101 valence electrons. The van der Waals surface area contributed by atoms with Crippen LogP contribution < -0.4 is 0 Å². The van der Waals surface area contributed by atoms with Crippen molar-refractivity contribution in [2.24, 2.45) is 0 Å². The minimum absolute atomic E-state index is 0. The summed E-state index contributed by atoms with van der Waals surface area (Å²) in [7, 11) is 0. The second kappa shape index (κ2) is 6.31. The van der Waals surface area contributed by atoms with Crippen LogP contribution in [-0.2, 0) is 0 Å². The van der Waals surface area contributed by atoms with Crippen molar-refractivity contribution in [3.8, 4) is 11.1 Å². The average Bonchev–Trinajstić information content (AvgIpc) is 2.55. The monoisotopic (exact) mass is 260 g/mol. The van der Waals surface area contributed by atoms with Crippen LogP contribution in [0, 0.1) is 49.4 Å². The summed E-state index contributed by atoms with van der Waals surface area (Å²) in [5, 5.41) is 2.27. The van der Waals surface area contributed by atoms with E-state index in [0.717, 1.165) is 21.8 Å². The first-order valence-electron chi connectivity index (χ1n) is 6.61. The SMILES string of the molecule is [4Eu].c1ccc(-c2ccnc3c2ccc2cccnc23)cc1. The van der Waals surface area contributed by atoms with Crippen molar-refractivity contribution in [2.45, 2.75) is 0 Å². The molecule has 21 heavy (non-hydrogen) atoms. The van der Waals surface area contributed by atoms with Crippen LogP contribution >= 0.6 is 0 Å². The Kier molecular flexibility index (Phi) is 4.44. The van der Waals surface area contributed by atoms with E-state index < -0.39 is 0 Å². The van der Waals surface area contributed by atoms with Gasteiger partial charge in [0.2, 0.25) is 0 Å². The number of hydrogen-bond donors (Lipinski definition) is 0. The molecule has 0 spiro atoms. The van der Waals surface area contributed by atoms with Gasteiger partial charge in [-0.3, -0.25) is 9.97 Å². The maximum absolute atomic E-state index is 4.53. The fourth-order valence-corrected chi connectivity index (χ4v) is 2.62. The Morgan fingerprint density at radius 2 is 1.43 bits per heavy atom. The van der Waals surface area contributed by atoms with Gasteiger partial charge in [0.15, 0.2) is 0 Å². The minimum Gasteiger partial charge on any atom is -0.254 e. The first-order valence-corrected chi connectivity index (χ1v) is 6.61. The standard InChI is InChI=1S/C18H12N2.Eu/c1-2-5-13(6-3-1)15-10-12-20-18-16(15)9-8-14-7-4-11-19-17(14)18;/h1-12H;/i;1-27. The van der Waals surface area contributed by atoms with E-state index in [1.54, 1.807) is 0 Å². The number of fused-ring (bicyclic) bond motifs is 3. The van der Waals surface area contributed by atoms with Gasteiger partial charge in [-0.05, 0) is 23.3 Å². The molecule has 0 aliphatic carbocycles. The number of rotatable bonds is 1. The van der Waals surface area contributed by atoms with Crippen LogP contribution in [-0.4, -0.2) is 9.97 Å². The molecule has 2 nitrogen and oxygen atoms in total. The minimum atomic E-state index is 0. The van der Waals surface area contributed by atoms with Gasteiger partial charge in [-0.15, -0.1) is 0 Å². The zero-order valence-electron chi connectivity index (χ0n) is 11.2. The molecule has 0 bridgehead atoms.